The first kappa shape index (κ1) is 36.1. The number of hydrogen-bond acceptors (Lipinski definition) is 6. The second kappa shape index (κ2) is 15.8. The lowest BCUT2D eigenvalue weighted by molar-refractivity contribution is -0.198. The van der Waals surface area contributed by atoms with Crippen LogP contribution in [-0.4, -0.2) is 68.2 Å². The number of rotatable bonds is 17. The van der Waals surface area contributed by atoms with Gasteiger partial charge < -0.3 is 28.1 Å². The Balaban J connectivity index is 1.92. The SMILES string of the molecule is C=C(CO[Si](c1ccccc1)(c1ccccc1)C(C)(C)C)C(=C)CC1(OCOCCOC)CCC=C(C(OC)OC)C1(C)C. The van der Waals surface area contributed by atoms with Crippen molar-refractivity contribution in [1.29, 1.82) is 0 Å². The Kier molecular flexibility index (Phi) is 12.9. The van der Waals surface area contributed by atoms with Gasteiger partial charge >= 0.3 is 0 Å². The molecule has 242 valence electrons. The van der Waals surface area contributed by atoms with E-state index in [0.717, 1.165) is 29.6 Å². The Morgan fingerprint density at radius 3 is 1.93 bits per heavy atom. The fourth-order valence-corrected chi connectivity index (χ4v) is 11.1. The molecule has 0 bridgehead atoms. The van der Waals surface area contributed by atoms with E-state index in [0.29, 0.717) is 26.2 Å². The van der Waals surface area contributed by atoms with E-state index in [1.807, 2.05) is 0 Å². The molecule has 0 saturated heterocycles. The van der Waals surface area contributed by atoms with Gasteiger partial charge in [-0.3, -0.25) is 0 Å². The molecule has 1 unspecified atom stereocenters. The van der Waals surface area contributed by atoms with Gasteiger partial charge in [-0.05, 0) is 45.0 Å². The number of methoxy groups -OCH3 is 3. The third kappa shape index (κ3) is 7.70. The van der Waals surface area contributed by atoms with Crippen LogP contribution in [-0.2, 0) is 28.1 Å². The minimum Gasteiger partial charge on any atom is -0.403 e. The standard InChI is InChI=1S/C37H54O6Si/c1-29(26-37(42-28-41-25-24-38-8)23-17-22-33(36(37,6)7)34(39-9)40-10)30(2)27-43-44(35(3,4)5,31-18-13-11-14-19-31)32-20-15-12-16-21-32/h11-16,18-22,34H,1-2,17,23-28H2,3-10H3. The predicted octanol–water partition coefficient (Wildman–Crippen LogP) is 6.81. The van der Waals surface area contributed by atoms with Crippen LogP contribution in [0.4, 0.5) is 0 Å². The van der Waals surface area contributed by atoms with Crippen molar-refractivity contribution in [1.82, 2.24) is 0 Å². The number of ether oxygens (including phenoxy) is 5. The molecule has 0 N–H and O–H groups in total. The van der Waals surface area contributed by atoms with Gasteiger partial charge in [-0.2, -0.15) is 0 Å². The minimum absolute atomic E-state index is 0.137. The first-order chi connectivity index (χ1) is 20.9. The molecule has 2 aromatic rings. The first-order valence-corrected chi connectivity index (χ1v) is 17.4. The van der Waals surface area contributed by atoms with Gasteiger partial charge in [0.2, 0.25) is 0 Å². The monoisotopic (exact) mass is 622 g/mol. The molecule has 44 heavy (non-hydrogen) atoms. The van der Waals surface area contributed by atoms with Gasteiger partial charge in [0, 0.05) is 33.2 Å². The molecular formula is C37H54O6Si. The maximum atomic E-state index is 7.19. The van der Waals surface area contributed by atoms with E-state index in [4.69, 9.17) is 28.1 Å². The van der Waals surface area contributed by atoms with Crippen LogP contribution in [0.5, 0.6) is 0 Å². The smallest absolute Gasteiger partial charge is 0.261 e. The second-order valence-corrected chi connectivity index (χ2v) is 17.4. The molecular weight excluding hydrogens is 568 g/mol. The largest absolute Gasteiger partial charge is 0.403 e. The minimum atomic E-state index is -2.73. The summed E-state index contributed by atoms with van der Waals surface area (Å²) in [5.74, 6) is 0. The molecule has 2 aromatic carbocycles. The normalized spacial score (nSPS) is 18.7. The second-order valence-electron chi connectivity index (χ2n) is 13.1. The highest BCUT2D eigenvalue weighted by molar-refractivity contribution is 6.99. The number of allylic oxidation sites excluding steroid dienone is 1. The molecule has 0 aliphatic heterocycles. The molecule has 7 heteroatoms. The maximum absolute atomic E-state index is 7.19. The van der Waals surface area contributed by atoms with Gasteiger partial charge in [0.15, 0.2) is 6.29 Å². The summed E-state index contributed by atoms with van der Waals surface area (Å²) in [7, 11) is 2.26. The Morgan fingerprint density at radius 2 is 1.43 bits per heavy atom. The highest BCUT2D eigenvalue weighted by Gasteiger charge is 2.53. The van der Waals surface area contributed by atoms with Crippen molar-refractivity contribution in [2.45, 2.75) is 70.8 Å². The molecule has 0 fully saturated rings. The van der Waals surface area contributed by atoms with Crippen LogP contribution < -0.4 is 10.4 Å². The predicted molar refractivity (Wildman–Crippen MR) is 182 cm³/mol. The number of benzene rings is 2. The zero-order valence-corrected chi connectivity index (χ0v) is 29.2. The molecule has 0 amide bonds. The lowest BCUT2D eigenvalue weighted by Gasteiger charge is -2.51. The third-order valence-electron chi connectivity index (χ3n) is 9.18. The Labute approximate surface area is 267 Å². The molecule has 0 heterocycles. The van der Waals surface area contributed by atoms with E-state index < -0.39 is 25.6 Å². The zero-order chi connectivity index (χ0) is 32.4. The molecule has 0 saturated carbocycles. The van der Waals surface area contributed by atoms with Crippen LogP contribution in [0.15, 0.2) is 96.6 Å². The third-order valence-corrected chi connectivity index (χ3v) is 14.2. The molecule has 1 atom stereocenters. The summed E-state index contributed by atoms with van der Waals surface area (Å²) in [5, 5.41) is 2.33. The van der Waals surface area contributed by atoms with Crippen LogP contribution in [0.1, 0.15) is 53.9 Å². The van der Waals surface area contributed by atoms with Gasteiger partial charge in [-0.15, -0.1) is 0 Å². The topological polar surface area (TPSA) is 55.4 Å². The summed E-state index contributed by atoms with van der Waals surface area (Å²) in [6.07, 6.45) is 3.91. The fourth-order valence-electron chi connectivity index (χ4n) is 6.53. The molecule has 0 aromatic heterocycles. The lowest BCUT2D eigenvalue weighted by atomic mass is 9.61. The van der Waals surface area contributed by atoms with Gasteiger partial charge in [0.1, 0.15) is 6.79 Å². The van der Waals surface area contributed by atoms with E-state index in [9.17, 15) is 0 Å². The molecule has 1 aliphatic carbocycles. The quantitative estimate of drug-likeness (QED) is 0.0636. The average molecular weight is 623 g/mol. The average Bonchev–Trinajstić information content (AvgIpc) is 3.00. The summed E-state index contributed by atoms with van der Waals surface area (Å²) in [4.78, 5) is 0. The Morgan fingerprint density at radius 1 is 0.864 bits per heavy atom. The summed E-state index contributed by atoms with van der Waals surface area (Å²) in [6.45, 7) is 21.7. The van der Waals surface area contributed by atoms with Crippen molar-refractivity contribution in [3.05, 3.63) is 96.6 Å². The summed E-state index contributed by atoms with van der Waals surface area (Å²) >= 11 is 0. The van der Waals surface area contributed by atoms with E-state index in [-0.39, 0.29) is 11.8 Å². The van der Waals surface area contributed by atoms with Crippen molar-refractivity contribution in [2.75, 3.05) is 47.9 Å². The summed E-state index contributed by atoms with van der Waals surface area (Å²) in [6, 6.07) is 21.3. The first-order valence-electron chi connectivity index (χ1n) is 15.5. The molecule has 1 aliphatic rings. The number of hydrogen-bond donors (Lipinski definition) is 0. The fraction of sp³-hybridized carbons (Fsp3) is 0.514. The van der Waals surface area contributed by atoms with E-state index in [2.05, 4.69) is 115 Å². The summed E-state index contributed by atoms with van der Waals surface area (Å²) < 4.78 is 36.3. The Hall–Kier alpha value is -2.36. The van der Waals surface area contributed by atoms with Gasteiger partial charge in [0.05, 0.1) is 25.4 Å². The van der Waals surface area contributed by atoms with Crippen molar-refractivity contribution in [2.24, 2.45) is 5.41 Å². The van der Waals surface area contributed by atoms with E-state index in [1.54, 1.807) is 21.3 Å². The van der Waals surface area contributed by atoms with E-state index in [1.165, 1.54) is 10.4 Å². The summed E-state index contributed by atoms with van der Waals surface area (Å²) in [5.41, 5.74) is 1.74. The van der Waals surface area contributed by atoms with Gasteiger partial charge in [-0.25, -0.2) is 0 Å². The zero-order valence-electron chi connectivity index (χ0n) is 28.2. The molecule has 0 spiro atoms. The highest BCUT2D eigenvalue weighted by atomic mass is 28.4. The van der Waals surface area contributed by atoms with Crippen molar-refractivity contribution < 1.29 is 28.1 Å². The van der Waals surface area contributed by atoms with E-state index >= 15 is 0 Å². The van der Waals surface area contributed by atoms with Crippen LogP contribution in [0.2, 0.25) is 5.04 Å². The maximum Gasteiger partial charge on any atom is 0.261 e. The van der Waals surface area contributed by atoms with Crippen LogP contribution in [0.3, 0.4) is 0 Å². The Bertz CT molecular complexity index is 1190. The van der Waals surface area contributed by atoms with Gasteiger partial charge in [-0.1, -0.05) is 115 Å². The van der Waals surface area contributed by atoms with Crippen LogP contribution in [0, 0.1) is 5.41 Å². The molecule has 0 radical (unpaired) electrons. The van der Waals surface area contributed by atoms with Crippen molar-refractivity contribution >= 4 is 18.7 Å². The van der Waals surface area contributed by atoms with Crippen molar-refractivity contribution in [3.63, 3.8) is 0 Å². The van der Waals surface area contributed by atoms with Crippen LogP contribution in [0.25, 0.3) is 0 Å². The molecule has 6 nitrogen and oxygen atoms in total. The lowest BCUT2D eigenvalue weighted by Crippen LogP contribution is -2.66. The highest BCUT2D eigenvalue weighted by Crippen LogP contribution is 2.52. The van der Waals surface area contributed by atoms with Gasteiger partial charge in [0.25, 0.3) is 8.32 Å². The molecule has 3 rings (SSSR count). The van der Waals surface area contributed by atoms with Crippen molar-refractivity contribution in [3.8, 4) is 0 Å². The van der Waals surface area contributed by atoms with Crippen LogP contribution >= 0.6 is 0 Å².